The predicted molar refractivity (Wildman–Crippen MR) is 70.2 cm³/mol. The Morgan fingerprint density at radius 3 is 3.18 bits per heavy atom. The molecule has 1 aliphatic rings. The number of hydrogen-bond acceptors (Lipinski definition) is 5. The summed E-state index contributed by atoms with van der Waals surface area (Å²) in [6, 6.07) is 0.562. The van der Waals surface area contributed by atoms with E-state index in [1.165, 1.54) is 25.7 Å². The summed E-state index contributed by atoms with van der Waals surface area (Å²) in [5.74, 6) is 0.949. The zero-order chi connectivity index (χ0) is 12.3. The molecule has 0 saturated carbocycles. The van der Waals surface area contributed by atoms with Gasteiger partial charge >= 0.3 is 0 Å². The number of nitrogens with two attached hydrogens (primary N) is 1. The van der Waals surface area contributed by atoms with Crippen LogP contribution in [0.25, 0.3) is 0 Å². The summed E-state index contributed by atoms with van der Waals surface area (Å²) in [6.07, 6.45) is 3.91. The fourth-order valence-corrected chi connectivity index (χ4v) is 2.43. The highest BCUT2D eigenvalue weighted by Gasteiger charge is 2.22. The second-order valence-electron chi connectivity index (χ2n) is 4.23. The van der Waals surface area contributed by atoms with E-state index in [0.29, 0.717) is 22.7 Å². The number of halogens is 1. The molecule has 2 heterocycles. The SMILES string of the molecule is CCN1CCCC1CNc1ncnc(N)c1Cl. The summed E-state index contributed by atoms with van der Waals surface area (Å²) >= 11 is 6.02. The first-order chi connectivity index (χ1) is 8.22. The Balaban J connectivity index is 1.95. The van der Waals surface area contributed by atoms with E-state index in [1.807, 2.05) is 0 Å². The lowest BCUT2D eigenvalue weighted by atomic mass is 10.2. The second kappa shape index (κ2) is 5.51. The second-order valence-corrected chi connectivity index (χ2v) is 4.61. The Kier molecular flexibility index (Phi) is 4.02. The molecular weight excluding hydrogens is 238 g/mol. The minimum absolute atomic E-state index is 0.322. The van der Waals surface area contributed by atoms with Crippen LogP contribution in [0.5, 0.6) is 0 Å². The number of nitrogens with zero attached hydrogens (tertiary/aromatic N) is 3. The Bertz CT molecular complexity index is 384. The van der Waals surface area contributed by atoms with Crippen molar-refractivity contribution in [3.05, 3.63) is 11.3 Å². The molecule has 1 fully saturated rings. The largest absolute Gasteiger partial charge is 0.382 e. The summed E-state index contributed by atoms with van der Waals surface area (Å²) in [5, 5.41) is 3.67. The maximum atomic E-state index is 6.02. The molecule has 1 aliphatic heterocycles. The van der Waals surface area contributed by atoms with Gasteiger partial charge in [0.1, 0.15) is 17.2 Å². The van der Waals surface area contributed by atoms with E-state index < -0.39 is 0 Å². The topological polar surface area (TPSA) is 67.1 Å². The molecule has 1 saturated heterocycles. The monoisotopic (exact) mass is 255 g/mol. The van der Waals surface area contributed by atoms with Gasteiger partial charge in [0.25, 0.3) is 0 Å². The Morgan fingerprint density at radius 1 is 1.59 bits per heavy atom. The Hall–Kier alpha value is -1.07. The van der Waals surface area contributed by atoms with E-state index in [-0.39, 0.29) is 0 Å². The lowest BCUT2D eigenvalue weighted by Gasteiger charge is -2.23. The average molecular weight is 256 g/mol. The molecule has 0 aromatic carbocycles. The van der Waals surface area contributed by atoms with E-state index in [1.54, 1.807) is 0 Å². The van der Waals surface area contributed by atoms with Crippen molar-refractivity contribution in [3.63, 3.8) is 0 Å². The summed E-state index contributed by atoms with van der Waals surface area (Å²) < 4.78 is 0. The molecule has 1 aromatic heterocycles. The molecule has 17 heavy (non-hydrogen) atoms. The lowest BCUT2D eigenvalue weighted by Crippen LogP contribution is -2.34. The minimum atomic E-state index is 0.322. The Morgan fingerprint density at radius 2 is 2.41 bits per heavy atom. The first kappa shape index (κ1) is 12.4. The zero-order valence-electron chi connectivity index (χ0n) is 9.99. The standard InChI is InChI=1S/C11H18ClN5/c1-2-17-5-3-4-8(17)6-14-11-9(12)10(13)15-7-16-11/h7-8H,2-6H2,1H3,(H3,13,14,15,16). The van der Waals surface area contributed by atoms with Crippen LogP contribution in [-0.2, 0) is 0 Å². The summed E-state index contributed by atoms with van der Waals surface area (Å²) in [7, 11) is 0. The maximum Gasteiger partial charge on any atom is 0.150 e. The van der Waals surface area contributed by atoms with Crippen LogP contribution in [0.3, 0.4) is 0 Å². The molecule has 3 N–H and O–H groups in total. The summed E-state index contributed by atoms with van der Waals surface area (Å²) in [4.78, 5) is 10.4. The molecule has 1 unspecified atom stereocenters. The highest BCUT2D eigenvalue weighted by Crippen LogP contribution is 2.24. The molecule has 94 valence electrons. The van der Waals surface area contributed by atoms with E-state index in [2.05, 4.69) is 27.1 Å². The number of rotatable bonds is 4. The van der Waals surface area contributed by atoms with Crippen LogP contribution < -0.4 is 11.1 Å². The van der Waals surface area contributed by atoms with E-state index in [0.717, 1.165) is 13.1 Å². The first-order valence-corrected chi connectivity index (χ1v) is 6.34. The third-order valence-corrected chi connectivity index (χ3v) is 3.60. The molecule has 0 amide bonds. The van der Waals surface area contributed by atoms with Gasteiger partial charge in [0.05, 0.1) is 0 Å². The number of likely N-dealkylation sites (N-methyl/N-ethyl adjacent to an activating group) is 1. The number of hydrogen-bond donors (Lipinski definition) is 2. The number of aromatic nitrogens is 2. The fourth-order valence-electron chi connectivity index (χ4n) is 2.26. The van der Waals surface area contributed by atoms with Crippen molar-refractivity contribution < 1.29 is 0 Å². The van der Waals surface area contributed by atoms with Gasteiger partial charge in [-0.05, 0) is 25.9 Å². The molecule has 1 atom stereocenters. The number of nitrogen functional groups attached to an aromatic ring is 1. The van der Waals surface area contributed by atoms with Crippen molar-refractivity contribution in [2.24, 2.45) is 0 Å². The Labute approximate surface area is 106 Å². The van der Waals surface area contributed by atoms with Gasteiger partial charge in [0.2, 0.25) is 0 Å². The van der Waals surface area contributed by atoms with Gasteiger partial charge in [-0.3, -0.25) is 4.90 Å². The van der Waals surface area contributed by atoms with Crippen molar-refractivity contribution in [3.8, 4) is 0 Å². The molecular formula is C11H18ClN5. The normalized spacial score (nSPS) is 20.7. The van der Waals surface area contributed by atoms with Crippen LogP contribution in [0, 0.1) is 0 Å². The van der Waals surface area contributed by atoms with Crippen molar-refractivity contribution in [1.29, 1.82) is 0 Å². The number of anilines is 2. The van der Waals surface area contributed by atoms with Gasteiger partial charge < -0.3 is 11.1 Å². The average Bonchev–Trinajstić information content (AvgIpc) is 2.78. The van der Waals surface area contributed by atoms with Gasteiger partial charge in [-0.2, -0.15) is 0 Å². The minimum Gasteiger partial charge on any atom is -0.382 e. The van der Waals surface area contributed by atoms with Gasteiger partial charge in [0, 0.05) is 12.6 Å². The summed E-state index contributed by atoms with van der Waals surface area (Å²) in [5.41, 5.74) is 5.62. The van der Waals surface area contributed by atoms with Gasteiger partial charge in [-0.1, -0.05) is 18.5 Å². The van der Waals surface area contributed by atoms with Crippen molar-refractivity contribution in [1.82, 2.24) is 14.9 Å². The van der Waals surface area contributed by atoms with Gasteiger partial charge in [-0.25, -0.2) is 9.97 Å². The van der Waals surface area contributed by atoms with Gasteiger partial charge in [-0.15, -0.1) is 0 Å². The fraction of sp³-hybridized carbons (Fsp3) is 0.636. The van der Waals surface area contributed by atoms with E-state index >= 15 is 0 Å². The first-order valence-electron chi connectivity index (χ1n) is 5.96. The zero-order valence-corrected chi connectivity index (χ0v) is 10.7. The highest BCUT2D eigenvalue weighted by molar-refractivity contribution is 6.35. The van der Waals surface area contributed by atoms with Crippen LogP contribution in [0.15, 0.2) is 6.33 Å². The van der Waals surface area contributed by atoms with Crippen LogP contribution in [0.2, 0.25) is 5.02 Å². The number of nitrogens with one attached hydrogen (secondary N) is 1. The van der Waals surface area contributed by atoms with Crippen LogP contribution in [0.4, 0.5) is 11.6 Å². The molecule has 0 radical (unpaired) electrons. The van der Waals surface area contributed by atoms with Crippen molar-refractivity contribution in [2.75, 3.05) is 30.7 Å². The van der Waals surface area contributed by atoms with E-state index in [4.69, 9.17) is 17.3 Å². The van der Waals surface area contributed by atoms with Crippen molar-refractivity contribution >= 4 is 23.2 Å². The highest BCUT2D eigenvalue weighted by atomic mass is 35.5. The third kappa shape index (κ3) is 2.79. The quantitative estimate of drug-likeness (QED) is 0.856. The maximum absolute atomic E-state index is 6.02. The van der Waals surface area contributed by atoms with Gasteiger partial charge in [0.15, 0.2) is 5.82 Å². The molecule has 0 aliphatic carbocycles. The molecule has 5 nitrogen and oxygen atoms in total. The third-order valence-electron chi connectivity index (χ3n) is 3.23. The smallest absolute Gasteiger partial charge is 0.150 e. The van der Waals surface area contributed by atoms with Crippen molar-refractivity contribution in [2.45, 2.75) is 25.8 Å². The number of likely N-dealkylation sites (tertiary alicyclic amines) is 1. The van der Waals surface area contributed by atoms with E-state index in [9.17, 15) is 0 Å². The van der Waals surface area contributed by atoms with Crippen LogP contribution >= 0.6 is 11.6 Å². The molecule has 0 bridgehead atoms. The molecule has 0 spiro atoms. The molecule has 2 rings (SSSR count). The molecule has 6 heteroatoms. The van der Waals surface area contributed by atoms with Crippen LogP contribution in [-0.4, -0.2) is 40.5 Å². The molecule has 1 aromatic rings. The van der Waals surface area contributed by atoms with Crippen LogP contribution in [0.1, 0.15) is 19.8 Å². The predicted octanol–water partition coefficient (Wildman–Crippen LogP) is 1.61. The lowest BCUT2D eigenvalue weighted by molar-refractivity contribution is 0.277. The summed E-state index contributed by atoms with van der Waals surface area (Å²) in [6.45, 7) is 5.31.